The molecule has 0 saturated heterocycles. The van der Waals surface area contributed by atoms with E-state index < -0.39 is 0 Å². The highest BCUT2D eigenvalue weighted by molar-refractivity contribution is 6.13. The van der Waals surface area contributed by atoms with E-state index in [4.69, 9.17) is 15.0 Å². The number of hydrogen-bond acceptors (Lipinski definition) is 3. The molecule has 0 saturated carbocycles. The van der Waals surface area contributed by atoms with E-state index >= 15 is 0 Å². The second-order valence-corrected chi connectivity index (χ2v) is 17.6. The smallest absolute Gasteiger partial charge is 0.164 e. The molecule has 0 unspecified atom stereocenters. The van der Waals surface area contributed by atoms with Crippen molar-refractivity contribution in [2.45, 2.75) is 19.3 Å². The summed E-state index contributed by atoms with van der Waals surface area (Å²) < 4.78 is 4.85. The zero-order valence-electron chi connectivity index (χ0n) is 35.9. The third-order valence-electron chi connectivity index (χ3n) is 13.6. The van der Waals surface area contributed by atoms with Crippen molar-refractivity contribution in [1.82, 2.24) is 24.1 Å². The highest BCUT2D eigenvalue weighted by Gasteiger charge is 2.38. The van der Waals surface area contributed by atoms with E-state index in [1.165, 1.54) is 66.0 Å². The van der Waals surface area contributed by atoms with Crippen LogP contribution in [-0.4, -0.2) is 24.1 Å². The number of aromatic nitrogens is 5. The average molecular weight is 832 g/mol. The molecule has 0 bridgehead atoms. The number of para-hydroxylation sites is 3. The Hall–Kier alpha value is -8.41. The van der Waals surface area contributed by atoms with Crippen LogP contribution in [0.3, 0.4) is 0 Å². The van der Waals surface area contributed by atoms with Gasteiger partial charge in [0.25, 0.3) is 0 Å². The first-order chi connectivity index (χ1) is 32.0. The Labute approximate surface area is 376 Å². The molecule has 3 heterocycles. The molecule has 1 aliphatic carbocycles. The fourth-order valence-electron chi connectivity index (χ4n) is 10.5. The van der Waals surface area contributed by atoms with E-state index in [-0.39, 0.29) is 5.41 Å². The maximum atomic E-state index is 5.24. The largest absolute Gasteiger partial charge is 0.309 e. The zero-order chi connectivity index (χ0) is 43.2. The molecule has 0 atom stereocenters. The first-order valence-corrected chi connectivity index (χ1v) is 22.3. The monoisotopic (exact) mass is 831 g/mol. The van der Waals surface area contributed by atoms with Crippen LogP contribution in [0.4, 0.5) is 0 Å². The molecular formula is C60H41N5. The molecule has 5 nitrogen and oxygen atoms in total. The number of hydrogen-bond donors (Lipinski definition) is 0. The van der Waals surface area contributed by atoms with Gasteiger partial charge >= 0.3 is 0 Å². The maximum Gasteiger partial charge on any atom is 0.164 e. The summed E-state index contributed by atoms with van der Waals surface area (Å²) in [6.45, 7) is 4.69. The lowest BCUT2D eigenvalue weighted by Gasteiger charge is -2.23. The van der Waals surface area contributed by atoms with Gasteiger partial charge in [-0.25, -0.2) is 15.0 Å². The summed E-state index contributed by atoms with van der Waals surface area (Å²) in [4.78, 5) is 15.5. The minimum absolute atomic E-state index is 0.275. The van der Waals surface area contributed by atoms with E-state index in [2.05, 4.69) is 199 Å². The number of nitrogens with zero attached hydrogens (tertiary/aromatic N) is 5. The van der Waals surface area contributed by atoms with Gasteiger partial charge in [-0.3, -0.25) is 0 Å². The predicted octanol–water partition coefficient (Wildman–Crippen LogP) is 15.0. The first-order valence-electron chi connectivity index (χ1n) is 22.3. The fourth-order valence-corrected chi connectivity index (χ4v) is 10.5. The lowest BCUT2D eigenvalue weighted by Crippen LogP contribution is -2.15. The quantitative estimate of drug-likeness (QED) is 0.168. The van der Waals surface area contributed by atoms with Crippen LogP contribution >= 0.6 is 0 Å². The average Bonchev–Trinajstić information content (AvgIpc) is 3.96. The van der Waals surface area contributed by atoms with Gasteiger partial charge in [0, 0.05) is 54.9 Å². The lowest BCUT2D eigenvalue weighted by atomic mass is 9.82. The van der Waals surface area contributed by atoms with Crippen LogP contribution in [0, 0.1) is 0 Å². The molecule has 5 heteroatoms. The molecule has 0 fully saturated rings. The molecule has 0 amide bonds. The summed E-state index contributed by atoms with van der Waals surface area (Å²) in [5.41, 5.74) is 16.9. The molecule has 0 aliphatic heterocycles. The van der Waals surface area contributed by atoms with E-state index in [1.807, 2.05) is 36.4 Å². The van der Waals surface area contributed by atoms with Gasteiger partial charge in [0.2, 0.25) is 0 Å². The van der Waals surface area contributed by atoms with Gasteiger partial charge in [0.15, 0.2) is 17.5 Å². The molecule has 0 N–H and O–H groups in total. The van der Waals surface area contributed by atoms with Crippen LogP contribution < -0.4 is 0 Å². The van der Waals surface area contributed by atoms with Gasteiger partial charge in [-0.1, -0.05) is 166 Å². The van der Waals surface area contributed by atoms with Crippen molar-refractivity contribution in [3.63, 3.8) is 0 Å². The second kappa shape index (κ2) is 14.3. The second-order valence-electron chi connectivity index (χ2n) is 17.6. The van der Waals surface area contributed by atoms with E-state index in [9.17, 15) is 0 Å². The van der Waals surface area contributed by atoms with Crippen molar-refractivity contribution in [1.29, 1.82) is 0 Å². The molecule has 306 valence electrons. The summed E-state index contributed by atoms with van der Waals surface area (Å²) >= 11 is 0. The van der Waals surface area contributed by atoms with Gasteiger partial charge in [-0.05, 0) is 88.5 Å². The zero-order valence-corrected chi connectivity index (χ0v) is 35.9. The normalized spacial score (nSPS) is 12.9. The van der Waals surface area contributed by atoms with Crippen LogP contribution in [-0.2, 0) is 5.41 Å². The predicted molar refractivity (Wildman–Crippen MR) is 268 cm³/mol. The highest BCUT2D eigenvalue weighted by Crippen LogP contribution is 2.53. The SMILES string of the molecule is CC1(C)c2ccccc2-c2c(-n3c4ccccc4c4cc(-c5ccc6c(c5)c5ccccc5n6-c5ccccc5)ccc43)cc(-c3nc(-c4ccccc4)nc(-c4ccccc4)n3)cc21. The maximum absolute atomic E-state index is 5.24. The molecule has 0 spiro atoms. The lowest BCUT2D eigenvalue weighted by molar-refractivity contribution is 0.660. The van der Waals surface area contributed by atoms with Crippen LogP contribution in [0.5, 0.6) is 0 Å². The van der Waals surface area contributed by atoms with Crippen molar-refractivity contribution < 1.29 is 0 Å². The van der Waals surface area contributed by atoms with Gasteiger partial charge in [-0.2, -0.15) is 0 Å². The van der Waals surface area contributed by atoms with Crippen molar-refractivity contribution in [2.24, 2.45) is 0 Å². The number of rotatable bonds is 6. The minimum Gasteiger partial charge on any atom is -0.309 e. The summed E-state index contributed by atoms with van der Waals surface area (Å²) in [5.74, 6) is 1.93. The highest BCUT2D eigenvalue weighted by atomic mass is 15.0. The van der Waals surface area contributed by atoms with E-state index in [0.29, 0.717) is 17.5 Å². The van der Waals surface area contributed by atoms with Gasteiger partial charge < -0.3 is 9.13 Å². The minimum atomic E-state index is -0.275. The van der Waals surface area contributed by atoms with Crippen molar-refractivity contribution in [3.05, 3.63) is 223 Å². The van der Waals surface area contributed by atoms with Crippen molar-refractivity contribution in [3.8, 4) is 67.8 Å². The van der Waals surface area contributed by atoms with E-state index in [0.717, 1.165) is 39.1 Å². The number of benzene rings is 9. The first kappa shape index (κ1) is 37.2. The van der Waals surface area contributed by atoms with Crippen LogP contribution in [0.15, 0.2) is 212 Å². The standard InChI is InChI=1S/C60H41N5/c1-60(2)49-27-15-12-26-46(49)56-50(60)36-42(59-62-57(38-18-6-3-7-19-38)61-58(63-59)39-20-8-4-9-21-39)37-55(56)65-52-29-17-14-25-45(52)48-35-41(31-33-54(48)65)40-30-32-53-47(34-40)44-24-13-16-28-51(44)64(53)43-22-10-5-11-23-43/h3-37H,1-2H3. The summed E-state index contributed by atoms with van der Waals surface area (Å²) in [7, 11) is 0. The number of fused-ring (bicyclic) bond motifs is 9. The van der Waals surface area contributed by atoms with Crippen LogP contribution in [0.25, 0.3) is 111 Å². The van der Waals surface area contributed by atoms with Gasteiger partial charge in [0.1, 0.15) is 0 Å². The van der Waals surface area contributed by atoms with Gasteiger partial charge in [-0.15, -0.1) is 0 Å². The molecule has 1 aliphatic rings. The molecule has 9 aromatic carbocycles. The third kappa shape index (κ3) is 5.75. The fraction of sp³-hybridized carbons (Fsp3) is 0.0500. The molecule has 3 aromatic heterocycles. The molecule has 12 aromatic rings. The molecule has 65 heavy (non-hydrogen) atoms. The summed E-state index contributed by atoms with van der Waals surface area (Å²) in [6.07, 6.45) is 0. The molecule has 13 rings (SSSR count). The van der Waals surface area contributed by atoms with Crippen LogP contribution in [0.2, 0.25) is 0 Å². The molecular weight excluding hydrogens is 791 g/mol. The summed E-state index contributed by atoms with van der Waals surface area (Å²) in [5, 5.41) is 4.89. The van der Waals surface area contributed by atoms with Gasteiger partial charge in [0.05, 0.1) is 27.8 Å². The van der Waals surface area contributed by atoms with E-state index in [1.54, 1.807) is 0 Å². The Bertz CT molecular complexity index is 3790. The third-order valence-corrected chi connectivity index (χ3v) is 13.6. The van der Waals surface area contributed by atoms with Crippen molar-refractivity contribution >= 4 is 43.6 Å². The Morgan fingerprint density at radius 1 is 0.338 bits per heavy atom. The van der Waals surface area contributed by atoms with Crippen molar-refractivity contribution in [2.75, 3.05) is 0 Å². The molecule has 0 radical (unpaired) electrons. The Morgan fingerprint density at radius 3 is 1.40 bits per heavy atom. The Balaban J connectivity index is 1.04. The Kier molecular flexibility index (Phi) is 8.18. The van der Waals surface area contributed by atoms with Crippen LogP contribution in [0.1, 0.15) is 25.0 Å². The topological polar surface area (TPSA) is 48.5 Å². The summed E-state index contributed by atoms with van der Waals surface area (Å²) in [6, 6.07) is 76.1. The Morgan fingerprint density at radius 2 is 0.800 bits per heavy atom.